The van der Waals surface area contributed by atoms with Crippen molar-refractivity contribution >= 4 is 17.9 Å². The second kappa shape index (κ2) is 7.15. The number of nitrogens with zero attached hydrogens (tertiary/aromatic N) is 1. The van der Waals surface area contributed by atoms with Crippen LogP contribution in [0, 0.1) is 27.8 Å². The van der Waals surface area contributed by atoms with Crippen molar-refractivity contribution in [1.29, 1.82) is 0 Å². The maximum absolute atomic E-state index is 13.5. The summed E-state index contributed by atoms with van der Waals surface area (Å²) in [6.07, 6.45) is 0.664. The average molecular weight is 327 g/mol. The van der Waals surface area contributed by atoms with Crippen molar-refractivity contribution in [3.63, 3.8) is 0 Å². The zero-order chi connectivity index (χ0) is 17.7. The zero-order valence-electron chi connectivity index (χ0n) is 12.4. The molecular formula is C17H10FNO5. The molecule has 120 valence electrons. The van der Waals surface area contributed by atoms with Crippen molar-refractivity contribution in [3.8, 4) is 11.8 Å². The van der Waals surface area contributed by atoms with Gasteiger partial charge < -0.3 is 4.74 Å². The Kier molecular flexibility index (Phi) is 5.02. The van der Waals surface area contributed by atoms with Gasteiger partial charge in [0.25, 0.3) is 5.69 Å². The van der Waals surface area contributed by atoms with E-state index < -0.39 is 22.4 Å². The van der Waals surface area contributed by atoms with Crippen LogP contribution in [0.25, 0.3) is 0 Å². The topological polar surface area (TPSA) is 86.5 Å². The third-order valence-electron chi connectivity index (χ3n) is 3.06. The molecule has 0 amide bonds. The monoisotopic (exact) mass is 327 g/mol. The van der Waals surface area contributed by atoms with Gasteiger partial charge in [0.15, 0.2) is 0 Å². The molecule has 0 saturated carbocycles. The van der Waals surface area contributed by atoms with E-state index >= 15 is 0 Å². The molecule has 0 heterocycles. The number of hydrogen-bond acceptors (Lipinski definition) is 5. The molecule has 2 rings (SSSR count). The van der Waals surface area contributed by atoms with Gasteiger partial charge in [0.05, 0.1) is 23.7 Å². The molecule has 0 aliphatic rings. The maximum Gasteiger partial charge on any atom is 0.339 e. The molecule has 0 aliphatic heterocycles. The molecule has 0 spiro atoms. The zero-order valence-corrected chi connectivity index (χ0v) is 12.4. The van der Waals surface area contributed by atoms with Crippen molar-refractivity contribution in [2.45, 2.75) is 0 Å². The van der Waals surface area contributed by atoms with E-state index in [2.05, 4.69) is 16.6 Å². The highest BCUT2D eigenvalue weighted by Gasteiger charge is 2.23. The first-order valence-electron chi connectivity index (χ1n) is 6.59. The van der Waals surface area contributed by atoms with E-state index in [1.54, 1.807) is 12.1 Å². The smallest absolute Gasteiger partial charge is 0.339 e. The Balaban J connectivity index is 2.59. The van der Waals surface area contributed by atoms with Gasteiger partial charge in [-0.05, 0) is 18.2 Å². The van der Waals surface area contributed by atoms with E-state index in [1.807, 2.05) is 0 Å². The molecule has 24 heavy (non-hydrogen) atoms. The minimum atomic E-state index is -0.942. The van der Waals surface area contributed by atoms with E-state index in [9.17, 15) is 24.1 Å². The predicted octanol–water partition coefficient (Wildman–Crippen LogP) is 2.73. The standard InChI is InChI=1S/C17H10FNO5/c1-24-17(21)15-8-13(18)9-16(19(22)23)14(15)7-6-11-2-4-12(10-20)5-3-11/h2-5,8-10H,1H3. The summed E-state index contributed by atoms with van der Waals surface area (Å²) in [4.78, 5) is 32.6. The van der Waals surface area contributed by atoms with E-state index in [0.717, 1.165) is 13.2 Å². The molecule has 0 aliphatic carbocycles. The van der Waals surface area contributed by atoms with Gasteiger partial charge in [-0.2, -0.15) is 0 Å². The number of nitro benzene ring substituents is 1. The lowest BCUT2D eigenvalue weighted by molar-refractivity contribution is -0.385. The van der Waals surface area contributed by atoms with Crippen molar-refractivity contribution in [2.24, 2.45) is 0 Å². The highest BCUT2D eigenvalue weighted by Crippen LogP contribution is 2.24. The first-order valence-corrected chi connectivity index (χ1v) is 6.59. The SMILES string of the molecule is COC(=O)c1cc(F)cc([N+](=O)[O-])c1C#Cc1ccc(C=O)cc1. The fourth-order valence-electron chi connectivity index (χ4n) is 1.92. The number of nitro groups is 1. The van der Waals surface area contributed by atoms with Gasteiger partial charge in [-0.1, -0.05) is 24.0 Å². The Morgan fingerprint density at radius 1 is 1.25 bits per heavy atom. The van der Waals surface area contributed by atoms with E-state index in [0.29, 0.717) is 23.5 Å². The molecule has 7 heteroatoms. The molecule has 0 atom stereocenters. The summed E-state index contributed by atoms with van der Waals surface area (Å²) < 4.78 is 18.0. The first kappa shape index (κ1) is 16.8. The number of aldehydes is 1. The lowest BCUT2D eigenvalue weighted by Gasteiger charge is -2.04. The predicted molar refractivity (Wildman–Crippen MR) is 82.2 cm³/mol. The number of benzene rings is 2. The Morgan fingerprint density at radius 2 is 1.92 bits per heavy atom. The molecule has 0 radical (unpaired) electrons. The van der Waals surface area contributed by atoms with Crippen molar-refractivity contribution in [1.82, 2.24) is 0 Å². The fraction of sp³-hybridized carbons (Fsp3) is 0.0588. The summed E-state index contributed by atoms with van der Waals surface area (Å²) in [6, 6.07) is 7.66. The number of carbonyl (C=O) groups is 2. The maximum atomic E-state index is 13.5. The summed E-state index contributed by atoms with van der Waals surface area (Å²) in [5.74, 6) is 3.28. The van der Waals surface area contributed by atoms with Crippen LogP contribution in [0.2, 0.25) is 0 Å². The van der Waals surface area contributed by atoms with E-state index in [-0.39, 0.29) is 11.1 Å². The van der Waals surface area contributed by atoms with Gasteiger partial charge in [-0.15, -0.1) is 0 Å². The summed E-state index contributed by atoms with van der Waals surface area (Å²) in [5, 5.41) is 11.1. The van der Waals surface area contributed by atoms with E-state index in [4.69, 9.17) is 0 Å². The minimum absolute atomic E-state index is 0.243. The minimum Gasteiger partial charge on any atom is -0.465 e. The van der Waals surface area contributed by atoms with Crippen LogP contribution in [0.1, 0.15) is 31.8 Å². The summed E-state index contributed by atoms with van der Waals surface area (Å²) in [6.45, 7) is 0. The molecule has 0 bridgehead atoms. The summed E-state index contributed by atoms with van der Waals surface area (Å²) in [5.41, 5.74) is -0.292. The van der Waals surface area contributed by atoms with Crippen LogP contribution < -0.4 is 0 Å². The van der Waals surface area contributed by atoms with Crippen LogP contribution in [0.4, 0.5) is 10.1 Å². The molecule has 2 aromatic carbocycles. The van der Waals surface area contributed by atoms with Gasteiger partial charge in [0.1, 0.15) is 17.7 Å². The van der Waals surface area contributed by atoms with Crippen LogP contribution in [-0.4, -0.2) is 24.3 Å². The van der Waals surface area contributed by atoms with Gasteiger partial charge in [0, 0.05) is 11.1 Å². The third kappa shape index (κ3) is 3.62. The number of carbonyl (C=O) groups excluding carboxylic acids is 2. The highest BCUT2D eigenvalue weighted by atomic mass is 19.1. The number of ether oxygens (including phenoxy) is 1. The number of rotatable bonds is 3. The molecule has 0 fully saturated rings. The van der Waals surface area contributed by atoms with Crippen molar-refractivity contribution < 1.29 is 23.6 Å². The molecule has 6 nitrogen and oxygen atoms in total. The summed E-state index contributed by atoms with van der Waals surface area (Å²) >= 11 is 0. The molecule has 0 aromatic heterocycles. The Hall–Kier alpha value is -3.53. The van der Waals surface area contributed by atoms with Gasteiger partial charge in [-0.3, -0.25) is 14.9 Å². The van der Waals surface area contributed by atoms with Crippen molar-refractivity contribution in [2.75, 3.05) is 7.11 Å². The first-order chi connectivity index (χ1) is 11.5. The Bertz CT molecular complexity index is 878. The Morgan fingerprint density at radius 3 is 2.46 bits per heavy atom. The number of hydrogen-bond donors (Lipinski definition) is 0. The van der Waals surface area contributed by atoms with Gasteiger partial charge in [-0.25, -0.2) is 9.18 Å². The lowest BCUT2D eigenvalue weighted by atomic mass is 10.0. The largest absolute Gasteiger partial charge is 0.465 e. The van der Waals surface area contributed by atoms with Crippen LogP contribution in [0.5, 0.6) is 0 Å². The fourth-order valence-corrected chi connectivity index (χ4v) is 1.92. The van der Waals surface area contributed by atoms with Gasteiger partial charge >= 0.3 is 5.97 Å². The number of esters is 1. The summed E-state index contributed by atoms with van der Waals surface area (Å²) in [7, 11) is 1.08. The van der Waals surface area contributed by atoms with Crippen LogP contribution >= 0.6 is 0 Å². The van der Waals surface area contributed by atoms with Gasteiger partial charge in [0.2, 0.25) is 0 Å². The highest BCUT2D eigenvalue weighted by molar-refractivity contribution is 5.94. The van der Waals surface area contributed by atoms with Crippen LogP contribution in [-0.2, 0) is 4.74 Å². The Labute approximate surface area is 136 Å². The third-order valence-corrected chi connectivity index (χ3v) is 3.06. The average Bonchev–Trinajstić information content (AvgIpc) is 2.59. The molecule has 0 unspecified atom stereocenters. The normalized spacial score (nSPS) is 9.58. The van der Waals surface area contributed by atoms with E-state index in [1.165, 1.54) is 12.1 Å². The molecule has 0 saturated heterocycles. The second-order valence-corrected chi connectivity index (χ2v) is 4.59. The number of methoxy groups -OCH3 is 1. The molecule has 2 aromatic rings. The van der Waals surface area contributed by atoms with Crippen LogP contribution in [0.3, 0.4) is 0 Å². The second-order valence-electron chi connectivity index (χ2n) is 4.59. The molecule has 0 N–H and O–H groups in total. The van der Waals surface area contributed by atoms with Crippen LogP contribution in [0.15, 0.2) is 36.4 Å². The quantitative estimate of drug-likeness (QED) is 0.284. The molecular weight excluding hydrogens is 317 g/mol. The van der Waals surface area contributed by atoms with Crippen molar-refractivity contribution in [3.05, 3.63) is 74.6 Å². The lowest BCUT2D eigenvalue weighted by Crippen LogP contribution is -2.07. The number of halogens is 1.